The molecule has 0 heterocycles. The number of allylic oxidation sites excluding steroid dienone is 2. The molecule has 0 atom stereocenters. The summed E-state index contributed by atoms with van der Waals surface area (Å²) in [5.41, 5.74) is 0. The Morgan fingerprint density at radius 2 is 1.00 bits per heavy atom. The molecule has 0 bridgehead atoms. The fourth-order valence-electron chi connectivity index (χ4n) is 1.11. The summed E-state index contributed by atoms with van der Waals surface area (Å²) in [7, 11) is 0. The summed E-state index contributed by atoms with van der Waals surface area (Å²) in [5, 5.41) is 0. The van der Waals surface area contributed by atoms with Crippen LogP contribution in [0, 0.1) is 0 Å². The summed E-state index contributed by atoms with van der Waals surface area (Å²) in [6.45, 7) is 0. The summed E-state index contributed by atoms with van der Waals surface area (Å²) < 4.78 is 0. The first kappa shape index (κ1) is 12.3. The van der Waals surface area contributed by atoms with Gasteiger partial charge in [-0.1, -0.05) is 25.0 Å². The molecule has 0 aromatic heterocycles. The Kier molecular flexibility index (Phi) is 10.6. The van der Waals surface area contributed by atoms with Gasteiger partial charge in [-0.15, -0.1) is 0 Å². The Bertz CT molecular complexity index is 69.3. The zero-order valence-corrected chi connectivity index (χ0v) is 6.21. The monoisotopic (exact) mass is 150 g/mol. The van der Waals surface area contributed by atoms with Crippen LogP contribution < -0.4 is 0 Å². The van der Waals surface area contributed by atoms with E-state index >= 15 is 0 Å². The van der Waals surface area contributed by atoms with E-state index in [1.165, 1.54) is 38.5 Å². The van der Waals surface area contributed by atoms with Crippen LogP contribution in [0.3, 0.4) is 0 Å². The molecule has 0 aliphatic heterocycles. The quantitative estimate of drug-likeness (QED) is 0.465. The van der Waals surface area contributed by atoms with Crippen LogP contribution in [0.4, 0.5) is 9.41 Å². The standard InChI is InChI=1S/C8H14.2FH/c1-2-4-6-8-7-5-3-1;;/h1-2H,3-8H2;2*1H. The average molecular weight is 150 g/mol. The van der Waals surface area contributed by atoms with Gasteiger partial charge in [0.05, 0.1) is 0 Å². The highest BCUT2D eigenvalue weighted by Crippen LogP contribution is 2.09. The van der Waals surface area contributed by atoms with Crippen molar-refractivity contribution in [3.63, 3.8) is 0 Å². The van der Waals surface area contributed by atoms with Crippen molar-refractivity contribution in [2.75, 3.05) is 0 Å². The van der Waals surface area contributed by atoms with Crippen molar-refractivity contribution in [1.82, 2.24) is 0 Å². The minimum absolute atomic E-state index is 0. The zero-order valence-electron chi connectivity index (χ0n) is 6.21. The van der Waals surface area contributed by atoms with E-state index in [0.717, 1.165) is 0 Å². The largest absolute Gasteiger partial charge is 0.269 e. The van der Waals surface area contributed by atoms with E-state index < -0.39 is 0 Å². The van der Waals surface area contributed by atoms with Crippen molar-refractivity contribution in [2.45, 2.75) is 38.5 Å². The lowest BCUT2D eigenvalue weighted by atomic mass is 10.1. The molecule has 0 saturated heterocycles. The molecule has 62 valence electrons. The third-order valence-corrected chi connectivity index (χ3v) is 1.66. The lowest BCUT2D eigenvalue weighted by Crippen LogP contribution is -1.80. The molecule has 0 aromatic rings. The van der Waals surface area contributed by atoms with Crippen molar-refractivity contribution in [3.05, 3.63) is 12.2 Å². The SMILES string of the molecule is C1=CCCCCCC1.F.F. The van der Waals surface area contributed by atoms with Crippen LogP contribution in [0.1, 0.15) is 38.5 Å². The highest BCUT2D eigenvalue weighted by molar-refractivity contribution is 4.82. The van der Waals surface area contributed by atoms with Crippen molar-refractivity contribution in [2.24, 2.45) is 0 Å². The molecule has 0 unspecified atom stereocenters. The van der Waals surface area contributed by atoms with Crippen LogP contribution in [0.2, 0.25) is 0 Å². The highest BCUT2D eigenvalue weighted by atomic mass is 19.0. The predicted molar refractivity (Wildman–Crippen MR) is 41.8 cm³/mol. The van der Waals surface area contributed by atoms with Crippen molar-refractivity contribution in [3.8, 4) is 0 Å². The molecule has 0 radical (unpaired) electrons. The van der Waals surface area contributed by atoms with Crippen LogP contribution >= 0.6 is 0 Å². The first-order valence-corrected chi connectivity index (χ1v) is 3.65. The van der Waals surface area contributed by atoms with Crippen molar-refractivity contribution >= 4 is 0 Å². The Labute approximate surface area is 61.1 Å². The van der Waals surface area contributed by atoms with Gasteiger partial charge in [0.2, 0.25) is 0 Å². The molecule has 1 rings (SSSR count). The third kappa shape index (κ3) is 5.73. The number of rotatable bonds is 0. The van der Waals surface area contributed by atoms with Gasteiger partial charge >= 0.3 is 0 Å². The van der Waals surface area contributed by atoms with Gasteiger partial charge < -0.3 is 0 Å². The first-order valence-electron chi connectivity index (χ1n) is 3.65. The second kappa shape index (κ2) is 8.60. The molecule has 2 heteroatoms. The minimum Gasteiger partial charge on any atom is -0.269 e. The lowest BCUT2D eigenvalue weighted by Gasteiger charge is -2.00. The molecule has 0 N–H and O–H groups in total. The molecular formula is C8H16F2. The second-order valence-electron chi connectivity index (χ2n) is 2.46. The fraction of sp³-hybridized carbons (Fsp3) is 0.750. The fourth-order valence-corrected chi connectivity index (χ4v) is 1.11. The maximum absolute atomic E-state index is 2.32. The molecule has 0 fully saturated rings. The number of hydrogen-bond acceptors (Lipinski definition) is 0. The first-order chi connectivity index (χ1) is 4.00. The van der Waals surface area contributed by atoms with Crippen LogP contribution in [-0.2, 0) is 0 Å². The Morgan fingerprint density at radius 1 is 0.600 bits per heavy atom. The van der Waals surface area contributed by atoms with Crippen LogP contribution in [0.25, 0.3) is 0 Å². The van der Waals surface area contributed by atoms with Gasteiger partial charge in [-0.2, -0.15) is 0 Å². The summed E-state index contributed by atoms with van der Waals surface area (Å²) in [6.07, 6.45) is 13.0. The molecule has 0 amide bonds. The van der Waals surface area contributed by atoms with E-state index in [4.69, 9.17) is 0 Å². The minimum atomic E-state index is 0. The third-order valence-electron chi connectivity index (χ3n) is 1.66. The maximum Gasteiger partial charge on any atom is -0.0351 e. The topological polar surface area (TPSA) is 0 Å². The summed E-state index contributed by atoms with van der Waals surface area (Å²) >= 11 is 0. The molecule has 0 nitrogen and oxygen atoms in total. The van der Waals surface area contributed by atoms with Gasteiger partial charge in [0.1, 0.15) is 0 Å². The molecule has 1 aliphatic rings. The molecule has 0 aromatic carbocycles. The number of hydrogen-bond donors (Lipinski definition) is 0. The molecule has 10 heavy (non-hydrogen) atoms. The van der Waals surface area contributed by atoms with Crippen LogP contribution in [-0.4, -0.2) is 0 Å². The van der Waals surface area contributed by atoms with Crippen molar-refractivity contribution in [1.29, 1.82) is 0 Å². The van der Waals surface area contributed by atoms with E-state index in [9.17, 15) is 0 Å². The smallest absolute Gasteiger partial charge is 0.0351 e. The lowest BCUT2D eigenvalue weighted by molar-refractivity contribution is 0.638. The van der Waals surface area contributed by atoms with Gasteiger partial charge in [0, 0.05) is 0 Å². The highest BCUT2D eigenvalue weighted by Gasteiger charge is 1.89. The van der Waals surface area contributed by atoms with E-state index in [2.05, 4.69) is 12.2 Å². The van der Waals surface area contributed by atoms with Gasteiger partial charge in [-0.05, 0) is 25.7 Å². The summed E-state index contributed by atoms with van der Waals surface area (Å²) in [4.78, 5) is 0. The normalized spacial score (nSPS) is 17.6. The Morgan fingerprint density at radius 3 is 1.40 bits per heavy atom. The van der Waals surface area contributed by atoms with Gasteiger partial charge in [-0.3, -0.25) is 9.41 Å². The average Bonchev–Trinajstić information content (AvgIpc) is 1.62. The van der Waals surface area contributed by atoms with Gasteiger partial charge in [0.25, 0.3) is 0 Å². The maximum atomic E-state index is 2.32. The summed E-state index contributed by atoms with van der Waals surface area (Å²) in [6, 6.07) is 0. The predicted octanol–water partition coefficient (Wildman–Crippen LogP) is 3.20. The van der Waals surface area contributed by atoms with Crippen LogP contribution in [0.15, 0.2) is 12.2 Å². The van der Waals surface area contributed by atoms with E-state index in [1.54, 1.807) is 0 Å². The van der Waals surface area contributed by atoms with E-state index in [-0.39, 0.29) is 9.41 Å². The Balaban J connectivity index is 0. The number of halogens is 2. The second-order valence-corrected chi connectivity index (χ2v) is 2.46. The molecular weight excluding hydrogens is 134 g/mol. The van der Waals surface area contributed by atoms with E-state index in [1.807, 2.05) is 0 Å². The van der Waals surface area contributed by atoms with Gasteiger partial charge in [-0.25, -0.2) is 0 Å². The molecule has 0 saturated carbocycles. The van der Waals surface area contributed by atoms with E-state index in [0.29, 0.717) is 0 Å². The molecule has 1 aliphatic carbocycles. The summed E-state index contributed by atoms with van der Waals surface area (Å²) in [5.74, 6) is 0. The van der Waals surface area contributed by atoms with Crippen molar-refractivity contribution < 1.29 is 9.41 Å². The van der Waals surface area contributed by atoms with Gasteiger partial charge in [0.15, 0.2) is 0 Å². The van der Waals surface area contributed by atoms with Crippen LogP contribution in [0.5, 0.6) is 0 Å². The zero-order chi connectivity index (χ0) is 5.66. The Hall–Kier alpha value is -0.400. The molecule has 0 spiro atoms.